The molecule has 0 fully saturated rings. The summed E-state index contributed by atoms with van der Waals surface area (Å²) in [5.74, 6) is 0.155. The van der Waals surface area contributed by atoms with Crippen LogP contribution in [0.2, 0.25) is 0 Å². The molecule has 0 saturated heterocycles. The first kappa shape index (κ1) is 12.6. The second kappa shape index (κ2) is 3.79. The van der Waals surface area contributed by atoms with Gasteiger partial charge in [0, 0.05) is 5.41 Å². The van der Waals surface area contributed by atoms with Gasteiger partial charge >= 0.3 is 0 Å². The average molecular weight is 186 g/mol. The summed E-state index contributed by atoms with van der Waals surface area (Å²) in [5, 5.41) is 0. The molecule has 0 amide bonds. The Hall–Kier alpha value is -0.370. The van der Waals surface area contributed by atoms with Crippen molar-refractivity contribution in [2.75, 3.05) is 0 Å². The van der Waals surface area contributed by atoms with Crippen molar-refractivity contribution in [2.45, 2.75) is 60.2 Å². The molecule has 0 aromatic rings. The molecule has 78 valence electrons. The highest BCUT2D eigenvalue weighted by Gasteiger charge is 2.29. The Labute approximate surface area is 81.7 Å². The van der Waals surface area contributed by atoms with Gasteiger partial charge in [0.05, 0.1) is 5.60 Å². The second-order valence-corrected chi connectivity index (χ2v) is 5.49. The van der Waals surface area contributed by atoms with E-state index in [4.69, 9.17) is 4.74 Å². The van der Waals surface area contributed by atoms with Crippen molar-refractivity contribution in [1.82, 2.24) is 0 Å². The van der Waals surface area contributed by atoms with Crippen molar-refractivity contribution in [3.8, 4) is 0 Å². The van der Waals surface area contributed by atoms with E-state index in [1.165, 1.54) is 0 Å². The van der Waals surface area contributed by atoms with Crippen LogP contribution >= 0.6 is 0 Å². The molecule has 0 spiro atoms. The number of rotatable bonds is 2. The molecule has 0 rings (SSSR count). The number of hydrogen-bond donors (Lipinski definition) is 0. The zero-order valence-electron chi connectivity index (χ0n) is 9.89. The Morgan fingerprint density at radius 1 is 1.08 bits per heavy atom. The minimum Gasteiger partial charge on any atom is -0.365 e. The Bertz CT molecular complexity index is 181. The molecule has 2 nitrogen and oxygen atoms in total. The zero-order chi connectivity index (χ0) is 10.9. The SMILES string of the molecule is CC(OC(C)(C)C)C(=O)C(C)(C)C. The molecule has 0 bridgehead atoms. The summed E-state index contributed by atoms with van der Waals surface area (Å²) in [4.78, 5) is 11.7. The molecular formula is C11H22O2. The molecule has 1 atom stereocenters. The summed E-state index contributed by atoms with van der Waals surface area (Å²) in [6.07, 6.45) is -0.319. The van der Waals surface area contributed by atoms with Crippen LogP contribution in [0.1, 0.15) is 48.5 Å². The lowest BCUT2D eigenvalue weighted by Crippen LogP contribution is -2.37. The van der Waals surface area contributed by atoms with E-state index in [0.717, 1.165) is 0 Å². The molecule has 0 aliphatic heterocycles. The van der Waals surface area contributed by atoms with E-state index in [1.807, 2.05) is 48.5 Å². The van der Waals surface area contributed by atoms with Crippen LogP contribution in [0.5, 0.6) is 0 Å². The number of carbonyl (C=O) groups is 1. The normalized spacial score (nSPS) is 15.6. The van der Waals surface area contributed by atoms with Crippen molar-refractivity contribution >= 4 is 5.78 Å². The molecule has 0 aliphatic rings. The molecule has 0 aromatic heterocycles. The van der Waals surface area contributed by atoms with Gasteiger partial charge in [-0.05, 0) is 27.7 Å². The predicted molar refractivity (Wildman–Crippen MR) is 54.8 cm³/mol. The fourth-order valence-corrected chi connectivity index (χ4v) is 1.19. The van der Waals surface area contributed by atoms with Crippen LogP contribution in [-0.2, 0) is 9.53 Å². The number of ketones is 1. The summed E-state index contributed by atoms with van der Waals surface area (Å²) >= 11 is 0. The fourth-order valence-electron chi connectivity index (χ4n) is 1.19. The van der Waals surface area contributed by atoms with Crippen LogP contribution in [0.15, 0.2) is 0 Å². The van der Waals surface area contributed by atoms with Gasteiger partial charge in [-0.15, -0.1) is 0 Å². The van der Waals surface area contributed by atoms with Gasteiger partial charge in [-0.2, -0.15) is 0 Å². The van der Waals surface area contributed by atoms with E-state index in [-0.39, 0.29) is 22.9 Å². The molecule has 2 heteroatoms. The van der Waals surface area contributed by atoms with Gasteiger partial charge in [0.25, 0.3) is 0 Å². The Morgan fingerprint density at radius 3 is 1.69 bits per heavy atom. The molecule has 0 heterocycles. The third kappa shape index (κ3) is 5.04. The van der Waals surface area contributed by atoms with Crippen molar-refractivity contribution < 1.29 is 9.53 Å². The molecule has 1 unspecified atom stereocenters. The van der Waals surface area contributed by atoms with Crippen LogP contribution in [0.4, 0.5) is 0 Å². The lowest BCUT2D eigenvalue weighted by Gasteiger charge is -2.28. The van der Waals surface area contributed by atoms with Gasteiger partial charge < -0.3 is 4.74 Å². The summed E-state index contributed by atoms with van der Waals surface area (Å²) in [6.45, 7) is 13.4. The third-order valence-electron chi connectivity index (χ3n) is 1.64. The zero-order valence-corrected chi connectivity index (χ0v) is 9.89. The van der Waals surface area contributed by atoms with Crippen LogP contribution in [-0.4, -0.2) is 17.5 Å². The van der Waals surface area contributed by atoms with Crippen LogP contribution < -0.4 is 0 Å². The van der Waals surface area contributed by atoms with E-state index in [9.17, 15) is 4.79 Å². The van der Waals surface area contributed by atoms with Gasteiger partial charge in [0.1, 0.15) is 6.10 Å². The number of carbonyl (C=O) groups excluding carboxylic acids is 1. The summed E-state index contributed by atoms with van der Waals surface area (Å²) in [5.41, 5.74) is -0.564. The molecule has 0 radical (unpaired) electrons. The maximum absolute atomic E-state index is 11.7. The lowest BCUT2D eigenvalue weighted by molar-refractivity contribution is -0.145. The summed E-state index contributed by atoms with van der Waals surface area (Å²) in [6, 6.07) is 0. The van der Waals surface area contributed by atoms with Crippen molar-refractivity contribution in [2.24, 2.45) is 5.41 Å². The lowest BCUT2D eigenvalue weighted by atomic mass is 9.88. The quantitative estimate of drug-likeness (QED) is 0.663. The minimum absolute atomic E-state index is 0.155. The largest absolute Gasteiger partial charge is 0.365 e. The maximum atomic E-state index is 11.7. The first-order chi connectivity index (χ1) is 5.54. The van der Waals surface area contributed by atoms with Gasteiger partial charge in [-0.1, -0.05) is 20.8 Å². The molecule has 0 aromatic carbocycles. The van der Waals surface area contributed by atoms with Gasteiger partial charge in [0.2, 0.25) is 0 Å². The fraction of sp³-hybridized carbons (Fsp3) is 0.909. The maximum Gasteiger partial charge on any atom is 0.166 e. The highest BCUT2D eigenvalue weighted by Crippen LogP contribution is 2.21. The van der Waals surface area contributed by atoms with E-state index in [1.54, 1.807) is 0 Å². The molecule has 0 saturated carbocycles. The average Bonchev–Trinajstić information content (AvgIpc) is 1.79. The standard InChI is InChI=1S/C11H22O2/c1-8(13-11(5,6)7)9(12)10(2,3)4/h8H,1-7H3. The van der Waals surface area contributed by atoms with Crippen LogP contribution in [0.3, 0.4) is 0 Å². The van der Waals surface area contributed by atoms with E-state index in [0.29, 0.717) is 0 Å². The number of ether oxygens (including phenoxy) is 1. The Morgan fingerprint density at radius 2 is 1.46 bits per heavy atom. The van der Waals surface area contributed by atoms with Crippen LogP contribution in [0.25, 0.3) is 0 Å². The minimum atomic E-state index is -0.319. The van der Waals surface area contributed by atoms with Gasteiger partial charge in [0.15, 0.2) is 5.78 Å². The van der Waals surface area contributed by atoms with Gasteiger partial charge in [-0.3, -0.25) is 4.79 Å². The summed E-state index contributed by atoms with van der Waals surface area (Å²) < 4.78 is 5.58. The predicted octanol–water partition coefficient (Wildman–Crippen LogP) is 2.81. The topological polar surface area (TPSA) is 26.3 Å². The highest BCUT2D eigenvalue weighted by atomic mass is 16.5. The van der Waals surface area contributed by atoms with Gasteiger partial charge in [-0.25, -0.2) is 0 Å². The summed E-state index contributed by atoms with van der Waals surface area (Å²) in [7, 11) is 0. The van der Waals surface area contributed by atoms with Crippen molar-refractivity contribution in [1.29, 1.82) is 0 Å². The third-order valence-corrected chi connectivity index (χ3v) is 1.64. The first-order valence-electron chi connectivity index (χ1n) is 4.76. The Balaban J connectivity index is 4.30. The number of Topliss-reactive ketones (excluding diaryl/α,β-unsaturated/α-hetero) is 1. The van der Waals surface area contributed by atoms with E-state index < -0.39 is 0 Å². The smallest absolute Gasteiger partial charge is 0.166 e. The van der Waals surface area contributed by atoms with E-state index >= 15 is 0 Å². The van der Waals surface area contributed by atoms with Crippen molar-refractivity contribution in [3.05, 3.63) is 0 Å². The van der Waals surface area contributed by atoms with E-state index in [2.05, 4.69) is 0 Å². The molecule has 0 N–H and O–H groups in total. The number of hydrogen-bond acceptors (Lipinski definition) is 2. The first-order valence-corrected chi connectivity index (χ1v) is 4.76. The highest BCUT2D eigenvalue weighted by molar-refractivity contribution is 5.87. The monoisotopic (exact) mass is 186 g/mol. The van der Waals surface area contributed by atoms with Crippen molar-refractivity contribution in [3.63, 3.8) is 0 Å². The molecular weight excluding hydrogens is 164 g/mol. The molecule has 0 aliphatic carbocycles. The Kier molecular flexibility index (Phi) is 3.68. The van der Waals surface area contributed by atoms with Crippen LogP contribution in [0, 0.1) is 5.41 Å². The second-order valence-electron chi connectivity index (χ2n) is 5.49. The molecule has 13 heavy (non-hydrogen) atoms.